The standard InChI is InChI=1S/C11H20N4OS/c1-2-16-9-3-5-15(6-4-9)8-10-7-13-11(14-12)17-10/h7,9H,2-6,8,12H2,1H3,(H,13,14). The van der Waals surface area contributed by atoms with Gasteiger partial charge in [-0.1, -0.05) is 11.3 Å². The minimum absolute atomic E-state index is 0.457. The number of hydrogen-bond acceptors (Lipinski definition) is 6. The quantitative estimate of drug-likeness (QED) is 0.616. The fraction of sp³-hybridized carbons (Fsp3) is 0.727. The van der Waals surface area contributed by atoms with Gasteiger partial charge in [0.15, 0.2) is 5.13 Å². The average Bonchev–Trinajstić information content (AvgIpc) is 2.80. The lowest BCUT2D eigenvalue weighted by Gasteiger charge is -2.31. The highest BCUT2D eigenvalue weighted by Crippen LogP contribution is 2.21. The molecule has 0 bridgehead atoms. The van der Waals surface area contributed by atoms with E-state index < -0.39 is 0 Å². The van der Waals surface area contributed by atoms with Gasteiger partial charge in [-0.05, 0) is 19.8 Å². The van der Waals surface area contributed by atoms with E-state index in [-0.39, 0.29) is 0 Å². The molecule has 3 N–H and O–H groups in total. The van der Waals surface area contributed by atoms with Crippen LogP contribution in [0.5, 0.6) is 0 Å². The van der Waals surface area contributed by atoms with Crippen molar-refractivity contribution in [2.45, 2.75) is 32.4 Å². The van der Waals surface area contributed by atoms with Gasteiger partial charge < -0.3 is 4.74 Å². The molecule has 0 aliphatic carbocycles. The van der Waals surface area contributed by atoms with Crippen molar-refractivity contribution < 1.29 is 4.74 Å². The zero-order valence-corrected chi connectivity index (χ0v) is 11.0. The molecule has 1 aromatic heterocycles. The predicted molar refractivity (Wildman–Crippen MR) is 69.8 cm³/mol. The maximum Gasteiger partial charge on any atom is 0.197 e. The monoisotopic (exact) mass is 256 g/mol. The molecular weight excluding hydrogens is 236 g/mol. The van der Waals surface area contributed by atoms with Gasteiger partial charge in [-0.3, -0.25) is 10.3 Å². The largest absolute Gasteiger partial charge is 0.378 e. The van der Waals surface area contributed by atoms with E-state index in [0.717, 1.165) is 44.2 Å². The molecule has 1 fully saturated rings. The number of anilines is 1. The third kappa shape index (κ3) is 3.64. The molecule has 0 unspecified atom stereocenters. The minimum Gasteiger partial charge on any atom is -0.378 e. The molecule has 2 rings (SSSR count). The van der Waals surface area contributed by atoms with Crippen LogP contribution in [0.15, 0.2) is 6.20 Å². The van der Waals surface area contributed by atoms with Crippen molar-refractivity contribution in [3.05, 3.63) is 11.1 Å². The van der Waals surface area contributed by atoms with Crippen LogP contribution in [-0.2, 0) is 11.3 Å². The van der Waals surface area contributed by atoms with Crippen molar-refractivity contribution >= 4 is 16.5 Å². The van der Waals surface area contributed by atoms with Crippen molar-refractivity contribution in [1.82, 2.24) is 9.88 Å². The first-order chi connectivity index (χ1) is 8.31. The Morgan fingerprint density at radius 2 is 2.35 bits per heavy atom. The van der Waals surface area contributed by atoms with E-state index in [1.165, 1.54) is 4.88 Å². The second kappa shape index (κ2) is 6.30. The van der Waals surface area contributed by atoms with E-state index in [1.54, 1.807) is 11.3 Å². The van der Waals surface area contributed by atoms with Gasteiger partial charge >= 0.3 is 0 Å². The molecule has 17 heavy (non-hydrogen) atoms. The van der Waals surface area contributed by atoms with Gasteiger partial charge in [-0.15, -0.1) is 0 Å². The second-order valence-corrected chi connectivity index (χ2v) is 5.32. The second-order valence-electron chi connectivity index (χ2n) is 4.21. The Morgan fingerprint density at radius 3 is 2.94 bits per heavy atom. The third-order valence-corrected chi connectivity index (χ3v) is 3.91. The fourth-order valence-electron chi connectivity index (χ4n) is 2.14. The van der Waals surface area contributed by atoms with Crippen molar-refractivity contribution in [3.63, 3.8) is 0 Å². The van der Waals surface area contributed by atoms with Crippen LogP contribution in [0, 0.1) is 0 Å². The lowest BCUT2D eigenvalue weighted by Crippen LogP contribution is -2.36. The van der Waals surface area contributed by atoms with Gasteiger partial charge in [0.2, 0.25) is 0 Å². The zero-order chi connectivity index (χ0) is 12.1. The smallest absolute Gasteiger partial charge is 0.197 e. The van der Waals surface area contributed by atoms with Gasteiger partial charge in [-0.2, -0.15) is 0 Å². The molecule has 1 saturated heterocycles. The topological polar surface area (TPSA) is 63.4 Å². The van der Waals surface area contributed by atoms with E-state index in [0.29, 0.717) is 6.10 Å². The van der Waals surface area contributed by atoms with Crippen LogP contribution < -0.4 is 11.3 Å². The molecule has 6 heteroatoms. The van der Waals surface area contributed by atoms with Crippen molar-refractivity contribution in [3.8, 4) is 0 Å². The van der Waals surface area contributed by atoms with Crippen LogP contribution in [0.3, 0.4) is 0 Å². The van der Waals surface area contributed by atoms with Crippen LogP contribution in [0.2, 0.25) is 0 Å². The fourth-order valence-corrected chi connectivity index (χ4v) is 2.90. The minimum atomic E-state index is 0.457. The van der Waals surface area contributed by atoms with E-state index in [9.17, 15) is 0 Å². The number of likely N-dealkylation sites (tertiary alicyclic amines) is 1. The summed E-state index contributed by atoms with van der Waals surface area (Å²) in [4.78, 5) is 7.88. The summed E-state index contributed by atoms with van der Waals surface area (Å²) in [5.41, 5.74) is 2.58. The highest BCUT2D eigenvalue weighted by atomic mass is 32.1. The highest BCUT2D eigenvalue weighted by molar-refractivity contribution is 7.15. The number of rotatable bonds is 5. The highest BCUT2D eigenvalue weighted by Gasteiger charge is 2.19. The van der Waals surface area contributed by atoms with Gasteiger partial charge in [-0.25, -0.2) is 10.8 Å². The van der Waals surface area contributed by atoms with E-state index in [4.69, 9.17) is 10.6 Å². The first-order valence-corrected chi connectivity index (χ1v) is 6.88. The number of nitrogens with zero attached hydrogens (tertiary/aromatic N) is 2. The Bertz CT molecular complexity index is 336. The molecule has 1 aliphatic rings. The molecule has 0 radical (unpaired) electrons. The van der Waals surface area contributed by atoms with E-state index in [1.807, 2.05) is 6.20 Å². The number of nitrogens with two attached hydrogens (primary N) is 1. The molecular formula is C11H20N4OS. The Morgan fingerprint density at radius 1 is 1.59 bits per heavy atom. The lowest BCUT2D eigenvalue weighted by molar-refractivity contribution is 0.0127. The SMILES string of the molecule is CCOC1CCN(Cc2cnc(NN)s2)CC1. The average molecular weight is 256 g/mol. The van der Waals surface area contributed by atoms with Gasteiger partial charge in [0.25, 0.3) is 0 Å². The summed E-state index contributed by atoms with van der Waals surface area (Å²) in [7, 11) is 0. The molecule has 1 aromatic rings. The summed E-state index contributed by atoms with van der Waals surface area (Å²) in [5.74, 6) is 5.32. The van der Waals surface area contributed by atoms with Gasteiger partial charge in [0.05, 0.1) is 6.10 Å². The van der Waals surface area contributed by atoms with Crippen LogP contribution >= 0.6 is 11.3 Å². The molecule has 96 valence electrons. The number of ether oxygens (including phenoxy) is 1. The van der Waals surface area contributed by atoms with Crippen molar-refractivity contribution in [2.24, 2.45) is 5.84 Å². The Hall–Kier alpha value is -0.690. The summed E-state index contributed by atoms with van der Waals surface area (Å²) in [5, 5.41) is 0.782. The summed E-state index contributed by atoms with van der Waals surface area (Å²) in [6.45, 7) is 6.07. The van der Waals surface area contributed by atoms with Crippen LogP contribution in [0.1, 0.15) is 24.6 Å². The number of nitrogens with one attached hydrogen (secondary N) is 1. The number of piperidine rings is 1. The zero-order valence-electron chi connectivity index (χ0n) is 10.2. The normalized spacial score (nSPS) is 18.5. The number of thiazole rings is 1. The first kappa shape index (κ1) is 12.8. The number of hydrazine groups is 1. The third-order valence-electron chi connectivity index (χ3n) is 2.99. The van der Waals surface area contributed by atoms with E-state index in [2.05, 4.69) is 22.2 Å². The van der Waals surface area contributed by atoms with Crippen molar-refractivity contribution in [1.29, 1.82) is 0 Å². The van der Waals surface area contributed by atoms with Crippen LogP contribution in [0.4, 0.5) is 5.13 Å². The molecule has 0 aromatic carbocycles. The number of aromatic nitrogens is 1. The van der Waals surface area contributed by atoms with E-state index >= 15 is 0 Å². The summed E-state index contributed by atoms with van der Waals surface area (Å²) in [6.07, 6.45) is 4.62. The molecule has 0 amide bonds. The summed E-state index contributed by atoms with van der Waals surface area (Å²) in [6, 6.07) is 0. The van der Waals surface area contributed by atoms with Crippen LogP contribution in [0.25, 0.3) is 0 Å². The maximum atomic E-state index is 5.64. The van der Waals surface area contributed by atoms with Crippen LogP contribution in [-0.4, -0.2) is 35.7 Å². The molecule has 0 atom stereocenters. The Balaban J connectivity index is 1.77. The first-order valence-electron chi connectivity index (χ1n) is 6.07. The van der Waals surface area contributed by atoms with Crippen molar-refractivity contribution in [2.75, 3.05) is 25.1 Å². The molecule has 1 aliphatic heterocycles. The molecule has 0 spiro atoms. The summed E-state index contributed by atoms with van der Waals surface area (Å²) < 4.78 is 5.64. The Labute approximate surface area is 106 Å². The van der Waals surface area contributed by atoms with Gasteiger partial charge in [0, 0.05) is 37.3 Å². The number of hydrogen-bond donors (Lipinski definition) is 2. The predicted octanol–water partition coefficient (Wildman–Crippen LogP) is 1.43. The Kier molecular flexibility index (Phi) is 4.73. The summed E-state index contributed by atoms with van der Waals surface area (Å²) >= 11 is 1.62. The van der Waals surface area contributed by atoms with Gasteiger partial charge in [0.1, 0.15) is 0 Å². The maximum absolute atomic E-state index is 5.64. The number of nitrogen functional groups attached to an aromatic ring is 1. The molecule has 5 nitrogen and oxygen atoms in total. The lowest BCUT2D eigenvalue weighted by atomic mass is 10.1. The molecule has 2 heterocycles. The molecule has 0 saturated carbocycles.